The van der Waals surface area contributed by atoms with E-state index in [-0.39, 0.29) is 0 Å². The van der Waals surface area contributed by atoms with Gasteiger partial charge in [0.15, 0.2) is 0 Å². The maximum absolute atomic E-state index is 9.03. The molecule has 2 aliphatic rings. The second-order valence-corrected chi connectivity index (χ2v) is 4.47. The van der Waals surface area contributed by atoms with Crippen LogP contribution in [0.4, 0.5) is 5.82 Å². The van der Waals surface area contributed by atoms with Gasteiger partial charge in [-0.2, -0.15) is 5.26 Å². The summed E-state index contributed by atoms with van der Waals surface area (Å²) in [6.45, 7) is 1.09. The Hall–Kier alpha value is -1.56. The monoisotopic (exact) mass is 199 g/mol. The van der Waals surface area contributed by atoms with E-state index >= 15 is 0 Å². The third-order valence-corrected chi connectivity index (χ3v) is 3.59. The second-order valence-electron chi connectivity index (χ2n) is 4.47. The van der Waals surface area contributed by atoms with E-state index in [9.17, 15) is 0 Å². The molecule has 2 fully saturated rings. The molecule has 1 aliphatic heterocycles. The molecule has 0 radical (unpaired) electrons. The molecule has 0 amide bonds. The van der Waals surface area contributed by atoms with Crippen LogP contribution < -0.4 is 4.90 Å². The molecular weight excluding hydrogens is 186 g/mol. The summed E-state index contributed by atoms with van der Waals surface area (Å²) in [5, 5.41) is 9.03. The predicted molar refractivity (Wildman–Crippen MR) is 57.4 cm³/mol. The Morgan fingerprint density at radius 1 is 1.47 bits per heavy atom. The van der Waals surface area contributed by atoms with Crippen LogP contribution in [0.5, 0.6) is 0 Å². The number of nitriles is 1. The van der Waals surface area contributed by atoms with Gasteiger partial charge in [-0.25, -0.2) is 4.98 Å². The second kappa shape index (κ2) is 3.23. The standard InChI is InChI=1S/C12H13N3/c13-7-10-2-1-5-14-12(10)15-8-9-3-4-11(15)6-9/h1-2,5,9,11H,3-4,6,8H2. The maximum atomic E-state index is 9.03. The van der Waals surface area contributed by atoms with E-state index in [4.69, 9.17) is 5.26 Å². The van der Waals surface area contributed by atoms with Crippen molar-refractivity contribution in [3.05, 3.63) is 23.9 Å². The molecule has 2 unspecified atom stereocenters. The number of piperidine rings is 1. The fourth-order valence-corrected chi connectivity index (χ4v) is 2.90. The molecule has 0 spiro atoms. The fourth-order valence-electron chi connectivity index (χ4n) is 2.90. The first-order valence-corrected chi connectivity index (χ1v) is 5.50. The van der Waals surface area contributed by atoms with Crippen LogP contribution in [0.1, 0.15) is 24.8 Å². The van der Waals surface area contributed by atoms with Gasteiger partial charge in [-0.05, 0) is 37.3 Å². The molecule has 1 aliphatic carbocycles. The third-order valence-electron chi connectivity index (χ3n) is 3.59. The zero-order valence-electron chi connectivity index (χ0n) is 8.56. The molecular formula is C12H13N3. The van der Waals surface area contributed by atoms with Gasteiger partial charge in [0.1, 0.15) is 11.9 Å². The number of hydrogen-bond acceptors (Lipinski definition) is 3. The lowest BCUT2D eigenvalue weighted by Gasteiger charge is -2.28. The maximum Gasteiger partial charge on any atom is 0.146 e. The highest BCUT2D eigenvalue weighted by molar-refractivity contribution is 5.55. The van der Waals surface area contributed by atoms with Crippen LogP contribution in [0.2, 0.25) is 0 Å². The van der Waals surface area contributed by atoms with Gasteiger partial charge < -0.3 is 4.90 Å². The molecule has 1 aromatic rings. The van der Waals surface area contributed by atoms with Gasteiger partial charge in [-0.3, -0.25) is 0 Å². The van der Waals surface area contributed by atoms with E-state index in [1.54, 1.807) is 6.20 Å². The molecule has 1 saturated heterocycles. The number of anilines is 1. The molecule has 2 bridgehead atoms. The molecule has 3 rings (SSSR count). The van der Waals surface area contributed by atoms with E-state index < -0.39 is 0 Å². The minimum atomic E-state index is 0.636. The summed E-state index contributed by atoms with van der Waals surface area (Å²) in [7, 11) is 0. The van der Waals surface area contributed by atoms with Crippen LogP contribution in [-0.2, 0) is 0 Å². The summed E-state index contributed by atoms with van der Waals surface area (Å²) in [6.07, 6.45) is 5.70. The minimum Gasteiger partial charge on any atom is -0.352 e. The zero-order chi connectivity index (χ0) is 10.3. The van der Waals surface area contributed by atoms with Gasteiger partial charge in [-0.1, -0.05) is 0 Å². The molecule has 0 N–H and O–H groups in total. The van der Waals surface area contributed by atoms with Crippen LogP contribution in [0.3, 0.4) is 0 Å². The molecule has 3 nitrogen and oxygen atoms in total. The summed E-state index contributed by atoms with van der Waals surface area (Å²) in [6, 6.07) is 6.55. The molecule has 1 aromatic heterocycles. The summed E-state index contributed by atoms with van der Waals surface area (Å²) >= 11 is 0. The molecule has 15 heavy (non-hydrogen) atoms. The summed E-state index contributed by atoms with van der Waals surface area (Å²) < 4.78 is 0. The molecule has 2 atom stereocenters. The smallest absolute Gasteiger partial charge is 0.146 e. The minimum absolute atomic E-state index is 0.636. The van der Waals surface area contributed by atoms with Gasteiger partial charge in [-0.15, -0.1) is 0 Å². The highest BCUT2D eigenvalue weighted by Gasteiger charge is 2.38. The Kier molecular flexibility index (Phi) is 1.88. The van der Waals surface area contributed by atoms with Gasteiger partial charge >= 0.3 is 0 Å². The van der Waals surface area contributed by atoms with Crippen molar-refractivity contribution in [3.63, 3.8) is 0 Å². The first kappa shape index (κ1) is 8.72. The largest absolute Gasteiger partial charge is 0.352 e. The average Bonchev–Trinajstić information content (AvgIpc) is 2.90. The van der Waals surface area contributed by atoms with E-state index in [2.05, 4.69) is 16.0 Å². The number of pyridine rings is 1. The van der Waals surface area contributed by atoms with Crippen molar-refractivity contribution in [1.29, 1.82) is 5.26 Å². The predicted octanol–water partition coefficient (Wildman–Crippen LogP) is 1.94. The summed E-state index contributed by atoms with van der Waals surface area (Å²) in [5.74, 6) is 1.73. The number of fused-ring (bicyclic) bond motifs is 2. The number of rotatable bonds is 1. The number of aromatic nitrogens is 1. The van der Waals surface area contributed by atoms with Crippen LogP contribution >= 0.6 is 0 Å². The Labute approximate surface area is 89.3 Å². The number of nitrogens with zero attached hydrogens (tertiary/aromatic N) is 3. The Balaban J connectivity index is 1.97. The number of hydrogen-bond donors (Lipinski definition) is 0. The van der Waals surface area contributed by atoms with Crippen LogP contribution in [0.25, 0.3) is 0 Å². The first-order chi connectivity index (χ1) is 7.38. The topological polar surface area (TPSA) is 39.9 Å². The van der Waals surface area contributed by atoms with Gasteiger partial charge in [0.2, 0.25) is 0 Å². The van der Waals surface area contributed by atoms with Crippen molar-refractivity contribution in [2.75, 3.05) is 11.4 Å². The van der Waals surface area contributed by atoms with Crippen molar-refractivity contribution in [2.24, 2.45) is 5.92 Å². The van der Waals surface area contributed by atoms with Crippen LogP contribution in [-0.4, -0.2) is 17.6 Å². The third kappa shape index (κ3) is 1.29. The normalized spacial score (nSPS) is 28.1. The summed E-state index contributed by atoms with van der Waals surface area (Å²) in [5.41, 5.74) is 0.713. The van der Waals surface area contributed by atoms with E-state index in [0.717, 1.165) is 18.3 Å². The average molecular weight is 199 g/mol. The van der Waals surface area contributed by atoms with Crippen molar-refractivity contribution in [2.45, 2.75) is 25.3 Å². The van der Waals surface area contributed by atoms with Gasteiger partial charge in [0, 0.05) is 18.8 Å². The molecule has 76 valence electrons. The summed E-state index contributed by atoms with van der Waals surface area (Å²) in [4.78, 5) is 6.68. The van der Waals surface area contributed by atoms with Crippen molar-refractivity contribution < 1.29 is 0 Å². The fraction of sp³-hybridized carbons (Fsp3) is 0.500. The van der Waals surface area contributed by atoms with Crippen molar-refractivity contribution in [1.82, 2.24) is 4.98 Å². The highest BCUT2D eigenvalue weighted by atomic mass is 15.2. The molecule has 3 heteroatoms. The van der Waals surface area contributed by atoms with E-state index in [0.29, 0.717) is 11.6 Å². The van der Waals surface area contributed by atoms with Gasteiger partial charge in [0.25, 0.3) is 0 Å². The molecule has 2 heterocycles. The van der Waals surface area contributed by atoms with Crippen LogP contribution in [0.15, 0.2) is 18.3 Å². The quantitative estimate of drug-likeness (QED) is 0.694. The Morgan fingerprint density at radius 2 is 2.40 bits per heavy atom. The highest BCUT2D eigenvalue weighted by Crippen LogP contribution is 2.40. The lowest BCUT2D eigenvalue weighted by atomic mass is 10.1. The lowest BCUT2D eigenvalue weighted by molar-refractivity contribution is 0.550. The Morgan fingerprint density at radius 3 is 3.07 bits per heavy atom. The lowest BCUT2D eigenvalue weighted by Crippen LogP contribution is -2.33. The molecule has 1 saturated carbocycles. The first-order valence-electron chi connectivity index (χ1n) is 5.50. The molecule has 0 aromatic carbocycles. The SMILES string of the molecule is N#Cc1cccnc1N1CC2CCC1C2. The Bertz CT molecular complexity index is 421. The van der Waals surface area contributed by atoms with Gasteiger partial charge in [0.05, 0.1) is 5.56 Å². The van der Waals surface area contributed by atoms with E-state index in [1.807, 2.05) is 12.1 Å². The zero-order valence-corrected chi connectivity index (χ0v) is 8.56. The van der Waals surface area contributed by atoms with Crippen molar-refractivity contribution >= 4 is 5.82 Å². The van der Waals surface area contributed by atoms with Crippen molar-refractivity contribution in [3.8, 4) is 6.07 Å². The van der Waals surface area contributed by atoms with Crippen LogP contribution in [0, 0.1) is 17.2 Å². The van der Waals surface area contributed by atoms with E-state index in [1.165, 1.54) is 19.3 Å².